The summed E-state index contributed by atoms with van der Waals surface area (Å²) < 4.78 is 1.81. The first-order chi connectivity index (χ1) is 12.6. The molecule has 4 rings (SSSR count). The van der Waals surface area contributed by atoms with Gasteiger partial charge < -0.3 is 0 Å². The van der Waals surface area contributed by atoms with Crippen LogP contribution in [0.25, 0.3) is 10.9 Å². The number of aromatic nitrogens is 2. The van der Waals surface area contributed by atoms with Crippen molar-refractivity contribution in [2.75, 3.05) is 11.4 Å². The molecule has 0 saturated carbocycles. The van der Waals surface area contributed by atoms with E-state index in [2.05, 4.69) is 28.6 Å². The summed E-state index contributed by atoms with van der Waals surface area (Å²) in [6, 6.07) is 15.9. The van der Waals surface area contributed by atoms with Crippen molar-refractivity contribution in [3.63, 3.8) is 0 Å². The smallest absolute Gasteiger partial charge is 0.278 e. The van der Waals surface area contributed by atoms with Gasteiger partial charge >= 0.3 is 6.03 Å². The minimum Gasteiger partial charge on any atom is -0.278 e. The number of imide groups is 1. The maximum atomic E-state index is 12.2. The quantitative estimate of drug-likeness (QED) is 0.720. The van der Waals surface area contributed by atoms with Crippen LogP contribution in [0.5, 0.6) is 0 Å². The molecule has 6 nitrogen and oxygen atoms in total. The third kappa shape index (κ3) is 3.06. The van der Waals surface area contributed by atoms with Crippen LogP contribution < -0.4 is 10.2 Å². The van der Waals surface area contributed by atoms with E-state index in [1.807, 2.05) is 42.1 Å². The van der Waals surface area contributed by atoms with Crippen molar-refractivity contribution in [3.8, 4) is 0 Å². The highest BCUT2D eigenvalue weighted by molar-refractivity contribution is 7.98. The number of carbonyl (C=O) groups excluding carboxylic acids is 2. The summed E-state index contributed by atoms with van der Waals surface area (Å²) in [6.45, 7) is 0.345. The largest absolute Gasteiger partial charge is 0.329 e. The van der Waals surface area contributed by atoms with Crippen LogP contribution in [0.1, 0.15) is 12.0 Å². The Balaban J connectivity index is 1.68. The molecule has 1 saturated heterocycles. The van der Waals surface area contributed by atoms with Crippen LogP contribution in [-0.4, -0.2) is 28.3 Å². The predicted octanol–water partition coefficient (Wildman–Crippen LogP) is 3.31. The van der Waals surface area contributed by atoms with E-state index in [0.29, 0.717) is 12.4 Å². The normalized spacial score (nSPS) is 14.7. The van der Waals surface area contributed by atoms with E-state index in [9.17, 15) is 9.59 Å². The molecule has 0 spiro atoms. The summed E-state index contributed by atoms with van der Waals surface area (Å²) in [6.07, 6.45) is 0.284. The van der Waals surface area contributed by atoms with Crippen molar-refractivity contribution >= 4 is 40.4 Å². The van der Waals surface area contributed by atoms with Crippen molar-refractivity contribution in [3.05, 3.63) is 54.1 Å². The van der Waals surface area contributed by atoms with E-state index in [-0.39, 0.29) is 12.3 Å². The Morgan fingerprint density at radius 3 is 2.69 bits per heavy atom. The molecule has 3 aromatic rings. The number of nitrogens with one attached hydrogen (secondary N) is 1. The highest BCUT2D eigenvalue weighted by Crippen LogP contribution is 2.35. The van der Waals surface area contributed by atoms with Crippen LogP contribution in [-0.2, 0) is 17.6 Å². The molecule has 0 unspecified atom stereocenters. The molecule has 132 valence electrons. The monoisotopic (exact) mass is 366 g/mol. The number of nitrogens with zero attached hydrogens (tertiary/aromatic N) is 3. The number of carbonyl (C=O) groups is 2. The van der Waals surface area contributed by atoms with Gasteiger partial charge in [0.05, 0.1) is 5.52 Å². The Morgan fingerprint density at radius 1 is 1.12 bits per heavy atom. The number of hydrogen-bond donors (Lipinski definition) is 1. The van der Waals surface area contributed by atoms with Crippen molar-refractivity contribution in [2.45, 2.75) is 17.1 Å². The number of aryl methyl sites for hydroxylation is 1. The number of fused-ring (bicyclic) bond motifs is 1. The fourth-order valence-corrected chi connectivity index (χ4v) is 4.17. The first-order valence-electron chi connectivity index (χ1n) is 8.37. The lowest BCUT2D eigenvalue weighted by molar-refractivity contribution is -0.120. The maximum Gasteiger partial charge on any atom is 0.329 e. The molecule has 26 heavy (non-hydrogen) atoms. The number of rotatable bonds is 4. The van der Waals surface area contributed by atoms with Crippen LogP contribution in [0.4, 0.5) is 10.6 Å². The Labute approximate surface area is 155 Å². The summed E-state index contributed by atoms with van der Waals surface area (Å²) in [7, 11) is 1.88. The molecule has 1 aliphatic heterocycles. The number of para-hydroxylation sites is 1. The lowest BCUT2D eigenvalue weighted by Crippen LogP contribution is -2.49. The molecule has 1 N–H and O–H groups in total. The molecule has 0 bridgehead atoms. The van der Waals surface area contributed by atoms with Crippen LogP contribution in [0.2, 0.25) is 0 Å². The Morgan fingerprint density at radius 2 is 1.92 bits per heavy atom. The van der Waals surface area contributed by atoms with Gasteiger partial charge in [-0.3, -0.25) is 19.7 Å². The van der Waals surface area contributed by atoms with Gasteiger partial charge in [0.25, 0.3) is 0 Å². The van der Waals surface area contributed by atoms with Crippen molar-refractivity contribution in [2.24, 2.45) is 7.05 Å². The van der Waals surface area contributed by atoms with Crippen molar-refractivity contribution in [1.82, 2.24) is 15.1 Å². The van der Waals surface area contributed by atoms with Gasteiger partial charge in [-0.2, -0.15) is 5.10 Å². The SMILES string of the molecule is Cn1nc(N2CCC(=O)NC2=O)c2cccc(SCc3ccccc3)c21. The fourth-order valence-electron chi connectivity index (χ4n) is 3.10. The summed E-state index contributed by atoms with van der Waals surface area (Å²) in [5.74, 6) is 1.21. The van der Waals surface area contributed by atoms with Gasteiger partial charge in [-0.15, -0.1) is 11.8 Å². The average molecular weight is 366 g/mol. The second kappa shape index (κ2) is 6.84. The van der Waals surface area contributed by atoms with Crippen LogP contribution >= 0.6 is 11.8 Å². The van der Waals surface area contributed by atoms with Gasteiger partial charge in [-0.05, 0) is 17.7 Å². The molecule has 0 aliphatic carbocycles. The molecule has 0 radical (unpaired) electrons. The van der Waals surface area contributed by atoms with Crippen molar-refractivity contribution in [1.29, 1.82) is 0 Å². The second-order valence-electron chi connectivity index (χ2n) is 6.13. The standard InChI is InChI=1S/C19H18N4O2S/c1-22-17-14(18(21-22)23-11-10-16(24)20-19(23)25)8-5-9-15(17)26-12-13-6-3-2-4-7-13/h2-9H,10-12H2,1H3,(H,20,24,25). The zero-order chi connectivity index (χ0) is 18.1. The minimum atomic E-state index is -0.413. The van der Waals surface area contributed by atoms with E-state index in [1.165, 1.54) is 10.5 Å². The van der Waals surface area contributed by atoms with Gasteiger partial charge in [0.1, 0.15) is 0 Å². The lowest BCUT2D eigenvalue weighted by atomic mass is 10.2. The third-order valence-corrected chi connectivity index (χ3v) is 5.47. The van der Waals surface area contributed by atoms with E-state index < -0.39 is 6.03 Å². The number of thioether (sulfide) groups is 1. The van der Waals surface area contributed by atoms with Gasteiger partial charge in [0.15, 0.2) is 5.82 Å². The lowest BCUT2D eigenvalue weighted by Gasteiger charge is -2.24. The molecule has 1 aromatic heterocycles. The van der Waals surface area contributed by atoms with E-state index in [1.54, 1.807) is 11.8 Å². The summed E-state index contributed by atoms with van der Waals surface area (Å²) >= 11 is 1.74. The number of amides is 3. The summed E-state index contributed by atoms with van der Waals surface area (Å²) in [5.41, 5.74) is 2.25. The molecule has 7 heteroatoms. The van der Waals surface area contributed by atoms with Crippen molar-refractivity contribution < 1.29 is 9.59 Å². The molecular weight excluding hydrogens is 348 g/mol. The molecule has 1 fully saturated rings. The Kier molecular flexibility index (Phi) is 4.38. The fraction of sp³-hybridized carbons (Fsp3) is 0.211. The highest BCUT2D eigenvalue weighted by Gasteiger charge is 2.28. The van der Waals surface area contributed by atoms with Crippen LogP contribution in [0.3, 0.4) is 0 Å². The first kappa shape index (κ1) is 16.7. The van der Waals surface area contributed by atoms with Gasteiger partial charge in [0, 0.05) is 36.0 Å². The van der Waals surface area contributed by atoms with Gasteiger partial charge in [-0.1, -0.05) is 36.4 Å². The Bertz CT molecular complexity index is 984. The number of benzene rings is 2. The summed E-state index contributed by atoms with van der Waals surface area (Å²) in [5, 5.41) is 7.83. The zero-order valence-electron chi connectivity index (χ0n) is 14.3. The number of urea groups is 1. The third-order valence-electron chi connectivity index (χ3n) is 4.36. The zero-order valence-corrected chi connectivity index (χ0v) is 15.1. The number of hydrogen-bond acceptors (Lipinski definition) is 4. The molecule has 1 aliphatic rings. The molecule has 2 heterocycles. The highest BCUT2D eigenvalue weighted by atomic mass is 32.2. The van der Waals surface area contributed by atoms with Crippen LogP contribution in [0.15, 0.2) is 53.4 Å². The average Bonchev–Trinajstić information content (AvgIpc) is 2.98. The predicted molar refractivity (Wildman–Crippen MR) is 102 cm³/mol. The Hall–Kier alpha value is -2.80. The minimum absolute atomic E-state index is 0.245. The van der Waals surface area contributed by atoms with E-state index >= 15 is 0 Å². The molecule has 0 atom stereocenters. The topological polar surface area (TPSA) is 67.2 Å². The van der Waals surface area contributed by atoms with Crippen LogP contribution in [0, 0.1) is 0 Å². The van der Waals surface area contributed by atoms with Gasteiger partial charge in [0.2, 0.25) is 5.91 Å². The summed E-state index contributed by atoms with van der Waals surface area (Å²) in [4.78, 5) is 26.2. The van der Waals surface area contributed by atoms with E-state index in [4.69, 9.17) is 0 Å². The number of anilines is 1. The molecular formula is C19H18N4O2S. The van der Waals surface area contributed by atoms with E-state index in [0.717, 1.165) is 21.6 Å². The molecule has 2 aromatic carbocycles. The molecule has 3 amide bonds. The second-order valence-corrected chi connectivity index (χ2v) is 7.15. The maximum absolute atomic E-state index is 12.2. The first-order valence-corrected chi connectivity index (χ1v) is 9.36. The van der Waals surface area contributed by atoms with Gasteiger partial charge in [-0.25, -0.2) is 4.79 Å².